The quantitative estimate of drug-likeness (QED) is 0.334. The number of halogens is 1. The van der Waals surface area contributed by atoms with E-state index < -0.39 is 0 Å². The minimum absolute atomic E-state index is 0.245. The number of carbonyl (C=O) groups excluding carboxylic acids is 1. The van der Waals surface area contributed by atoms with Crippen LogP contribution in [0.5, 0.6) is 5.75 Å². The number of benzene rings is 1. The lowest BCUT2D eigenvalue weighted by molar-refractivity contribution is -0.117. The van der Waals surface area contributed by atoms with E-state index in [0.717, 1.165) is 42.9 Å². The van der Waals surface area contributed by atoms with Gasteiger partial charge in [0.15, 0.2) is 5.78 Å². The van der Waals surface area contributed by atoms with Crippen LogP contribution in [-0.2, 0) is 4.79 Å². The minimum atomic E-state index is 0.245. The maximum atomic E-state index is 12.1. The number of ketones is 1. The third-order valence-corrected chi connectivity index (χ3v) is 5.45. The zero-order valence-electron chi connectivity index (χ0n) is 16.9. The fraction of sp³-hybridized carbons (Fsp3) is 0.609. The van der Waals surface area contributed by atoms with E-state index in [1.807, 2.05) is 24.3 Å². The molecule has 1 aromatic carbocycles. The first kappa shape index (κ1) is 22.0. The molecule has 0 atom stereocenters. The molecule has 0 N–H and O–H groups in total. The zero-order chi connectivity index (χ0) is 19.5. The van der Waals surface area contributed by atoms with Crippen molar-refractivity contribution in [2.75, 3.05) is 26.2 Å². The average molecular weight is 392 g/mol. The Morgan fingerprint density at radius 3 is 2.56 bits per heavy atom. The summed E-state index contributed by atoms with van der Waals surface area (Å²) >= 11 is 6.39. The number of hydrogen-bond acceptors (Lipinski definition) is 3. The van der Waals surface area contributed by atoms with E-state index in [2.05, 4.69) is 18.7 Å². The SMILES string of the molecule is CCCCCCCCCOc1ccc(/C=C2\CN(CC)CCC2=O)cc1Cl. The van der Waals surface area contributed by atoms with Crippen molar-refractivity contribution in [3.63, 3.8) is 0 Å². The monoisotopic (exact) mass is 391 g/mol. The Morgan fingerprint density at radius 1 is 1.11 bits per heavy atom. The first-order valence-electron chi connectivity index (χ1n) is 10.5. The Hall–Kier alpha value is -1.32. The molecule has 0 amide bonds. The number of likely N-dealkylation sites (N-methyl/N-ethyl adjacent to an activating group) is 1. The summed E-state index contributed by atoms with van der Waals surface area (Å²) in [7, 11) is 0. The summed E-state index contributed by atoms with van der Waals surface area (Å²) in [6.45, 7) is 7.63. The summed E-state index contributed by atoms with van der Waals surface area (Å²) in [6, 6.07) is 5.80. The Labute approximate surface area is 169 Å². The highest BCUT2D eigenvalue weighted by Gasteiger charge is 2.20. The maximum absolute atomic E-state index is 12.1. The fourth-order valence-corrected chi connectivity index (χ4v) is 3.63. The molecule has 0 aromatic heterocycles. The number of rotatable bonds is 11. The van der Waals surface area contributed by atoms with Crippen molar-refractivity contribution in [2.24, 2.45) is 0 Å². The normalized spacial score (nSPS) is 16.9. The lowest BCUT2D eigenvalue weighted by Gasteiger charge is -2.26. The van der Waals surface area contributed by atoms with Crippen molar-refractivity contribution < 1.29 is 9.53 Å². The van der Waals surface area contributed by atoms with E-state index in [1.165, 1.54) is 38.5 Å². The molecule has 0 radical (unpaired) electrons. The largest absolute Gasteiger partial charge is 0.492 e. The van der Waals surface area contributed by atoms with Crippen LogP contribution in [0.15, 0.2) is 23.8 Å². The molecule has 1 heterocycles. The molecule has 1 aliphatic heterocycles. The molecule has 2 rings (SSSR count). The number of hydrogen-bond donors (Lipinski definition) is 0. The highest BCUT2D eigenvalue weighted by molar-refractivity contribution is 6.32. The van der Waals surface area contributed by atoms with E-state index in [9.17, 15) is 4.79 Å². The van der Waals surface area contributed by atoms with Crippen LogP contribution in [0.1, 0.15) is 70.8 Å². The van der Waals surface area contributed by atoms with Gasteiger partial charge < -0.3 is 4.74 Å². The molecule has 0 bridgehead atoms. The number of likely N-dealkylation sites (tertiary alicyclic amines) is 1. The van der Waals surface area contributed by atoms with E-state index in [1.54, 1.807) is 0 Å². The second-order valence-corrected chi connectivity index (χ2v) is 7.78. The van der Waals surface area contributed by atoms with Crippen LogP contribution < -0.4 is 4.74 Å². The second-order valence-electron chi connectivity index (χ2n) is 7.37. The van der Waals surface area contributed by atoms with Crippen molar-refractivity contribution in [3.8, 4) is 5.75 Å². The molecule has 27 heavy (non-hydrogen) atoms. The van der Waals surface area contributed by atoms with Crippen LogP contribution >= 0.6 is 11.6 Å². The van der Waals surface area contributed by atoms with Crippen molar-refractivity contribution in [1.82, 2.24) is 4.90 Å². The molecule has 150 valence electrons. The number of carbonyl (C=O) groups is 1. The molecule has 0 saturated carbocycles. The van der Waals surface area contributed by atoms with Crippen molar-refractivity contribution in [3.05, 3.63) is 34.4 Å². The van der Waals surface area contributed by atoms with Gasteiger partial charge in [-0.15, -0.1) is 0 Å². The average Bonchev–Trinajstić information content (AvgIpc) is 2.67. The third kappa shape index (κ3) is 7.67. The predicted octanol–water partition coefficient (Wildman–Crippen LogP) is 6.15. The molecule has 0 aliphatic carbocycles. The van der Waals surface area contributed by atoms with Gasteiger partial charge in [0.05, 0.1) is 11.6 Å². The fourth-order valence-electron chi connectivity index (χ4n) is 3.39. The number of piperidine rings is 1. The van der Waals surface area contributed by atoms with Crippen LogP contribution in [0.2, 0.25) is 5.02 Å². The molecule has 3 nitrogen and oxygen atoms in total. The van der Waals surface area contributed by atoms with Gasteiger partial charge >= 0.3 is 0 Å². The number of unbranched alkanes of at least 4 members (excludes halogenated alkanes) is 6. The second kappa shape index (κ2) is 12.2. The Bertz CT molecular complexity index is 627. The molecule has 4 heteroatoms. The van der Waals surface area contributed by atoms with Gasteiger partial charge in [0.25, 0.3) is 0 Å². The zero-order valence-corrected chi connectivity index (χ0v) is 17.7. The van der Waals surface area contributed by atoms with Crippen molar-refractivity contribution >= 4 is 23.5 Å². The van der Waals surface area contributed by atoms with Crippen LogP contribution in [0.25, 0.3) is 6.08 Å². The maximum Gasteiger partial charge on any atom is 0.161 e. The molecule has 1 aliphatic rings. The summed E-state index contributed by atoms with van der Waals surface area (Å²) in [5.74, 6) is 0.977. The van der Waals surface area contributed by atoms with Gasteiger partial charge in [-0.3, -0.25) is 9.69 Å². The standard InChI is InChI=1S/C23H34ClNO2/c1-3-5-6-7-8-9-10-15-27-23-12-11-19(17-21(23)24)16-20-18-25(4-2)14-13-22(20)26/h11-12,16-17H,3-10,13-15,18H2,1-2H3/b20-16+. The highest BCUT2D eigenvalue weighted by atomic mass is 35.5. The summed E-state index contributed by atoms with van der Waals surface area (Å²) < 4.78 is 5.84. The first-order chi connectivity index (χ1) is 13.1. The van der Waals surface area contributed by atoms with Gasteiger partial charge in [-0.2, -0.15) is 0 Å². The van der Waals surface area contributed by atoms with Crippen molar-refractivity contribution in [2.45, 2.75) is 65.2 Å². The van der Waals surface area contributed by atoms with Gasteiger partial charge in [0.1, 0.15) is 5.75 Å². The Kier molecular flexibility index (Phi) is 9.93. The Balaban J connectivity index is 1.81. The molecule has 1 saturated heterocycles. The lowest BCUT2D eigenvalue weighted by Crippen LogP contribution is -2.35. The molecule has 1 fully saturated rings. The number of nitrogens with zero attached hydrogens (tertiary/aromatic N) is 1. The third-order valence-electron chi connectivity index (χ3n) is 5.16. The molecular weight excluding hydrogens is 358 g/mol. The summed E-state index contributed by atoms with van der Waals surface area (Å²) in [4.78, 5) is 14.4. The first-order valence-corrected chi connectivity index (χ1v) is 10.9. The van der Waals surface area contributed by atoms with Gasteiger partial charge in [-0.1, -0.05) is 70.0 Å². The van der Waals surface area contributed by atoms with E-state index in [0.29, 0.717) is 18.1 Å². The van der Waals surface area contributed by atoms with Gasteiger partial charge in [0, 0.05) is 25.1 Å². The molecule has 1 aromatic rings. The van der Waals surface area contributed by atoms with Gasteiger partial charge in [0.2, 0.25) is 0 Å². The van der Waals surface area contributed by atoms with E-state index in [4.69, 9.17) is 16.3 Å². The predicted molar refractivity (Wildman–Crippen MR) is 115 cm³/mol. The van der Waals surface area contributed by atoms with Crippen LogP contribution in [0.3, 0.4) is 0 Å². The van der Waals surface area contributed by atoms with Crippen LogP contribution in [0, 0.1) is 0 Å². The Morgan fingerprint density at radius 2 is 1.85 bits per heavy atom. The van der Waals surface area contributed by atoms with E-state index in [-0.39, 0.29) is 5.78 Å². The van der Waals surface area contributed by atoms with Gasteiger partial charge in [-0.05, 0) is 36.7 Å². The molecule has 0 unspecified atom stereocenters. The summed E-state index contributed by atoms with van der Waals surface area (Å²) in [6.07, 6.45) is 11.4. The lowest BCUT2D eigenvalue weighted by atomic mass is 10.0. The van der Waals surface area contributed by atoms with Gasteiger partial charge in [-0.25, -0.2) is 0 Å². The minimum Gasteiger partial charge on any atom is -0.492 e. The van der Waals surface area contributed by atoms with Crippen LogP contribution in [0.4, 0.5) is 0 Å². The summed E-state index contributed by atoms with van der Waals surface area (Å²) in [5.41, 5.74) is 1.83. The molecular formula is C23H34ClNO2. The number of ether oxygens (including phenoxy) is 1. The topological polar surface area (TPSA) is 29.5 Å². The number of Topliss-reactive ketones (excluding diaryl/α,β-unsaturated/α-hetero) is 1. The van der Waals surface area contributed by atoms with Crippen LogP contribution in [-0.4, -0.2) is 36.9 Å². The van der Waals surface area contributed by atoms with E-state index >= 15 is 0 Å². The highest BCUT2D eigenvalue weighted by Crippen LogP contribution is 2.27. The van der Waals surface area contributed by atoms with Crippen molar-refractivity contribution in [1.29, 1.82) is 0 Å². The smallest absolute Gasteiger partial charge is 0.161 e. The summed E-state index contributed by atoms with van der Waals surface area (Å²) in [5, 5.41) is 0.614. The molecule has 0 spiro atoms.